The third-order valence-corrected chi connectivity index (χ3v) is 11.3. The molecule has 2 aliphatic heterocycles. The van der Waals surface area contributed by atoms with Crippen molar-refractivity contribution < 1.29 is 67.1 Å². The van der Waals surface area contributed by atoms with Crippen LogP contribution < -0.4 is 5.73 Å². The van der Waals surface area contributed by atoms with Crippen molar-refractivity contribution in [3.05, 3.63) is 12.7 Å². The lowest BCUT2D eigenvalue weighted by atomic mass is 9.87. The van der Waals surface area contributed by atoms with Crippen LogP contribution in [0.1, 0.15) is 13.2 Å². The highest BCUT2D eigenvalue weighted by molar-refractivity contribution is 8.08. The number of aromatic nitrogens is 4. The molecule has 3 aliphatic rings. The highest BCUT2D eigenvalue weighted by Gasteiger charge is 2.74. The maximum Gasteiger partial charge on any atom is 0.481 e. The van der Waals surface area contributed by atoms with E-state index in [1.54, 1.807) is 0 Å². The van der Waals surface area contributed by atoms with E-state index in [2.05, 4.69) is 19.3 Å². The van der Waals surface area contributed by atoms with Crippen LogP contribution in [0.25, 0.3) is 11.2 Å². The van der Waals surface area contributed by atoms with Crippen molar-refractivity contribution in [1.82, 2.24) is 19.5 Å². The molecule has 42 heavy (non-hydrogen) atoms. The fourth-order valence-electron chi connectivity index (χ4n) is 5.37. The van der Waals surface area contributed by atoms with Gasteiger partial charge in [-0.2, -0.15) is 0 Å². The van der Waals surface area contributed by atoms with Crippen LogP contribution in [-0.2, 0) is 39.2 Å². The number of anilines is 1. The van der Waals surface area contributed by atoms with Gasteiger partial charge in [0.15, 0.2) is 29.8 Å². The number of rotatable bonds is 10. The van der Waals surface area contributed by atoms with Gasteiger partial charge in [-0.3, -0.25) is 9.09 Å². The molecule has 0 radical (unpaired) electrons. The van der Waals surface area contributed by atoms with Crippen molar-refractivity contribution >= 4 is 54.9 Å². The van der Waals surface area contributed by atoms with Crippen molar-refractivity contribution in [2.75, 3.05) is 18.9 Å². The number of phosphoric acid groups is 1. The Bertz CT molecular complexity index is 1450. The fourth-order valence-corrected chi connectivity index (χ4v) is 8.77. The van der Waals surface area contributed by atoms with Crippen LogP contribution in [0.2, 0.25) is 0 Å². The van der Waals surface area contributed by atoms with E-state index in [1.807, 2.05) is 0 Å². The molecule has 3 fully saturated rings. The minimum Gasteiger partial charge on any atom is -0.393 e. The number of nitrogens with zero attached hydrogens (tertiary/aromatic N) is 4. The number of halogens is 2. The molecule has 2 aromatic heterocycles. The quantitative estimate of drug-likeness (QED) is 0.103. The number of imidazole rings is 1. The molecule has 13 atom stereocenters. The summed E-state index contributed by atoms with van der Waals surface area (Å²) in [5.41, 5.74) is 6.31. The monoisotopic (exact) mass is 681 g/mol. The van der Waals surface area contributed by atoms with Crippen LogP contribution in [0.4, 0.5) is 10.2 Å². The maximum atomic E-state index is 14.1. The molecule has 2 saturated heterocycles. The van der Waals surface area contributed by atoms with E-state index in [0.29, 0.717) is 0 Å². The standard InChI is InChI=1S/C19H27ClFN5O13P2S/c1-18(20)13(30)7(36-17(18)26-5-25-10-14(22)23-4-24-15(10)26)3-35-41(34,42)39-40(32,33)38-16-9-12(29)11(28)8(6(21)2-27)19(9,31)37-16/h4-9,11-13,16-17,27-31H,2-3H2,1H3,(H,32,33)(H,34,42)(H2,22,23,24)/t6-,7+,8?,9?,11?,12?,13+,16?,17+,18+,19?,41?/m0/s1. The number of hydrogen-bond donors (Lipinski definition) is 8. The van der Waals surface area contributed by atoms with Crippen LogP contribution >= 0.6 is 26.1 Å². The Morgan fingerprint density at radius 3 is 2.64 bits per heavy atom. The number of phosphoric ester groups is 1. The molecule has 18 nitrogen and oxygen atoms in total. The van der Waals surface area contributed by atoms with Gasteiger partial charge in [0.05, 0.1) is 43.6 Å². The maximum absolute atomic E-state index is 14.1. The summed E-state index contributed by atoms with van der Waals surface area (Å²) in [6, 6.07) is 0. The molecule has 0 bridgehead atoms. The van der Waals surface area contributed by atoms with E-state index in [-0.39, 0.29) is 17.0 Å². The van der Waals surface area contributed by atoms with Crippen molar-refractivity contribution in [3.63, 3.8) is 0 Å². The molecule has 23 heteroatoms. The van der Waals surface area contributed by atoms with Gasteiger partial charge in [0, 0.05) is 0 Å². The number of nitrogens with two attached hydrogens (primary N) is 1. The molecule has 1 aliphatic carbocycles. The molecule has 1 saturated carbocycles. The molecule has 4 heterocycles. The second-order valence-corrected chi connectivity index (χ2v) is 15.3. The van der Waals surface area contributed by atoms with Crippen molar-refractivity contribution in [2.24, 2.45) is 11.8 Å². The molecule has 0 aromatic carbocycles. The third kappa shape index (κ3) is 5.40. The molecular formula is C19H27ClFN5O13P2S. The Morgan fingerprint density at radius 1 is 1.29 bits per heavy atom. The number of fused-ring (bicyclic) bond motifs is 2. The lowest BCUT2D eigenvalue weighted by Crippen LogP contribution is -2.64. The van der Waals surface area contributed by atoms with E-state index >= 15 is 0 Å². The summed E-state index contributed by atoms with van der Waals surface area (Å²) >= 11 is 11.4. The van der Waals surface area contributed by atoms with Crippen LogP contribution in [0, 0.1) is 11.8 Å². The van der Waals surface area contributed by atoms with Gasteiger partial charge in [0.2, 0.25) is 0 Å². The van der Waals surface area contributed by atoms with Crippen LogP contribution in [0.15, 0.2) is 12.7 Å². The zero-order valence-electron chi connectivity index (χ0n) is 21.3. The summed E-state index contributed by atoms with van der Waals surface area (Å²) in [6.07, 6.45) is -9.21. The second-order valence-electron chi connectivity index (χ2n) is 10.1. The Balaban J connectivity index is 1.22. The summed E-state index contributed by atoms with van der Waals surface area (Å²) in [7, 11) is -5.37. The zero-order chi connectivity index (χ0) is 31.0. The molecular weight excluding hydrogens is 655 g/mol. The third-order valence-electron chi connectivity index (χ3n) is 7.41. The number of hydrogen-bond acceptors (Lipinski definition) is 16. The van der Waals surface area contributed by atoms with E-state index in [0.717, 1.165) is 0 Å². The predicted octanol–water partition coefficient (Wildman–Crippen LogP) is -1.63. The second kappa shape index (κ2) is 11.1. The number of ether oxygens (including phenoxy) is 2. The van der Waals surface area contributed by atoms with Crippen LogP contribution in [-0.4, -0.2) is 116 Å². The summed E-state index contributed by atoms with van der Waals surface area (Å²) < 4.78 is 53.3. The van der Waals surface area contributed by atoms with Gasteiger partial charge in [-0.05, 0) is 18.7 Å². The topological polar surface area (TPSA) is 274 Å². The smallest absolute Gasteiger partial charge is 0.393 e. The highest BCUT2D eigenvalue weighted by atomic mass is 35.5. The van der Waals surface area contributed by atoms with E-state index in [9.17, 15) is 39.2 Å². The van der Waals surface area contributed by atoms with Gasteiger partial charge in [0.25, 0.3) is 0 Å². The summed E-state index contributed by atoms with van der Waals surface area (Å²) in [5.74, 6) is -5.88. The molecule has 236 valence electrons. The first-order chi connectivity index (χ1) is 19.4. The molecule has 8 unspecified atom stereocenters. The number of nitrogen functional groups attached to an aromatic ring is 1. The first kappa shape index (κ1) is 32.4. The average Bonchev–Trinajstić information content (AvgIpc) is 3.44. The normalized spacial score (nSPS) is 41.7. The first-order valence-corrected chi connectivity index (χ1v) is 16.6. The molecule has 5 rings (SSSR count). The molecule has 0 spiro atoms. The molecule has 9 N–H and O–H groups in total. The van der Waals surface area contributed by atoms with Crippen molar-refractivity contribution in [2.45, 2.75) is 60.7 Å². The Labute approximate surface area is 245 Å². The van der Waals surface area contributed by atoms with Gasteiger partial charge >= 0.3 is 14.5 Å². The van der Waals surface area contributed by atoms with E-state index in [4.69, 9.17) is 52.8 Å². The lowest BCUT2D eigenvalue weighted by molar-refractivity contribution is -0.426. The van der Waals surface area contributed by atoms with E-state index in [1.165, 1.54) is 24.1 Å². The van der Waals surface area contributed by atoms with Gasteiger partial charge in [-0.15, -0.1) is 11.6 Å². The summed E-state index contributed by atoms with van der Waals surface area (Å²) in [4.78, 5) is 31.1. The minimum absolute atomic E-state index is 0.0920. The van der Waals surface area contributed by atoms with Crippen LogP contribution in [0.3, 0.4) is 0 Å². The zero-order valence-corrected chi connectivity index (χ0v) is 24.6. The fraction of sp³-hybridized carbons (Fsp3) is 0.737. The largest absolute Gasteiger partial charge is 0.481 e. The van der Waals surface area contributed by atoms with Gasteiger partial charge < -0.3 is 55.1 Å². The Hall–Kier alpha value is -1.03. The Kier molecular flexibility index (Phi) is 8.55. The Morgan fingerprint density at radius 2 is 1.98 bits per heavy atom. The number of aliphatic hydroxyl groups excluding tert-OH is 4. The number of aliphatic hydroxyl groups is 5. The average molecular weight is 682 g/mol. The highest BCUT2D eigenvalue weighted by Crippen LogP contribution is 2.65. The SMILES string of the molecule is C[C@@]1(Cl)[C@H](O)[C@@H](COP(O)(=S)OP(=O)(O)OC2OC3(O)C2C(O)C(O)C3[C@@H](F)CO)O[C@H]1n1cnc2c(N)ncnc21. The van der Waals surface area contributed by atoms with E-state index < -0.39 is 93.4 Å². The van der Waals surface area contributed by atoms with Gasteiger partial charge in [0.1, 0.15) is 35.1 Å². The van der Waals surface area contributed by atoms with Gasteiger partial charge in [-0.25, -0.2) is 28.2 Å². The number of alkyl halides is 2. The predicted molar refractivity (Wildman–Crippen MR) is 139 cm³/mol. The summed E-state index contributed by atoms with van der Waals surface area (Å²) in [6.45, 7) is -4.98. The van der Waals surface area contributed by atoms with Crippen molar-refractivity contribution in [3.8, 4) is 0 Å². The van der Waals surface area contributed by atoms with Gasteiger partial charge in [-0.1, -0.05) is 0 Å². The first-order valence-electron chi connectivity index (χ1n) is 12.1. The molecule has 2 aromatic rings. The lowest BCUT2D eigenvalue weighted by Gasteiger charge is -2.49. The summed E-state index contributed by atoms with van der Waals surface area (Å²) in [5, 5.41) is 50.7. The van der Waals surface area contributed by atoms with Crippen molar-refractivity contribution in [1.29, 1.82) is 0 Å². The molecule has 0 amide bonds. The van der Waals surface area contributed by atoms with Crippen LogP contribution in [0.5, 0.6) is 0 Å². The minimum atomic E-state index is -5.37.